The zero-order chi connectivity index (χ0) is 19.0. The first-order chi connectivity index (χ1) is 12.8. The molecule has 0 bridgehead atoms. The highest BCUT2D eigenvalue weighted by Crippen LogP contribution is 2.42. The van der Waals surface area contributed by atoms with Crippen molar-refractivity contribution in [1.29, 1.82) is 0 Å². The molecule has 0 aliphatic carbocycles. The van der Waals surface area contributed by atoms with Gasteiger partial charge < -0.3 is 15.0 Å². The van der Waals surface area contributed by atoms with Crippen LogP contribution in [0.1, 0.15) is 39.2 Å². The fourth-order valence-electron chi connectivity index (χ4n) is 4.23. The normalized spacial score (nSPS) is 20.1. The van der Waals surface area contributed by atoms with E-state index in [-0.39, 0.29) is 17.1 Å². The van der Waals surface area contributed by atoms with Crippen LogP contribution in [0.4, 0.5) is 0 Å². The summed E-state index contributed by atoms with van der Waals surface area (Å²) < 4.78 is 12.4. The van der Waals surface area contributed by atoms with E-state index in [0.29, 0.717) is 0 Å². The van der Waals surface area contributed by atoms with Gasteiger partial charge >= 0.3 is 7.12 Å². The Balaban J connectivity index is 1.70. The second kappa shape index (κ2) is 5.45. The van der Waals surface area contributed by atoms with Gasteiger partial charge in [0, 0.05) is 0 Å². The van der Waals surface area contributed by atoms with Gasteiger partial charge in [-0.1, -0.05) is 54.6 Å². The number of hydrogen-bond donors (Lipinski definition) is 1. The summed E-state index contributed by atoms with van der Waals surface area (Å²) in [6, 6.07) is 19.5. The zero-order valence-corrected chi connectivity index (χ0v) is 16.2. The smallest absolute Gasteiger partial charge is 0.402 e. The summed E-state index contributed by atoms with van der Waals surface area (Å²) >= 11 is 0. The Morgan fingerprint density at radius 1 is 0.741 bits per heavy atom. The van der Waals surface area contributed by atoms with Crippen LogP contribution >= 0.6 is 0 Å². The molecule has 5 rings (SSSR count). The number of hydrogen-bond acceptors (Lipinski definition) is 3. The summed E-state index contributed by atoms with van der Waals surface area (Å²) in [5.41, 5.74) is 6.98. The highest BCUT2D eigenvalue weighted by atomic mass is 16.7. The van der Waals surface area contributed by atoms with Crippen molar-refractivity contribution in [1.82, 2.24) is 0 Å². The third kappa shape index (κ3) is 2.34. The molecule has 2 N–H and O–H groups in total. The molecule has 0 amide bonds. The van der Waals surface area contributed by atoms with Crippen molar-refractivity contribution in [3.05, 3.63) is 60.2 Å². The molecule has 4 heteroatoms. The van der Waals surface area contributed by atoms with Crippen LogP contribution in [0.25, 0.3) is 32.3 Å². The van der Waals surface area contributed by atoms with Crippen molar-refractivity contribution in [2.75, 3.05) is 0 Å². The molecule has 0 saturated carbocycles. The van der Waals surface area contributed by atoms with Crippen LogP contribution in [0.15, 0.2) is 54.6 Å². The van der Waals surface area contributed by atoms with Crippen LogP contribution in [0.3, 0.4) is 0 Å². The Morgan fingerprint density at radius 3 is 1.89 bits per heavy atom. The average Bonchev–Trinajstić information content (AvgIpc) is 2.86. The summed E-state index contributed by atoms with van der Waals surface area (Å²) in [4.78, 5) is 0. The van der Waals surface area contributed by atoms with Crippen LogP contribution in [-0.4, -0.2) is 18.3 Å². The Hall–Kier alpha value is -2.14. The standard InChI is InChI=1S/C23H24BNO2/c1-22(2)23(3,4)27-24(26-22)21(25)18-13-11-16-9-8-14-6-5-7-15-10-12-17(18)20(16)19(14)15/h5-13,21H,25H2,1-4H3/t21-/m0/s1. The molecule has 4 aromatic carbocycles. The maximum absolute atomic E-state index is 6.69. The van der Waals surface area contributed by atoms with Crippen molar-refractivity contribution >= 4 is 39.4 Å². The van der Waals surface area contributed by atoms with Gasteiger partial charge in [0.2, 0.25) is 0 Å². The molecule has 3 nitrogen and oxygen atoms in total. The minimum Gasteiger partial charge on any atom is -0.402 e. The van der Waals surface area contributed by atoms with Crippen LogP contribution in [0, 0.1) is 0 Å². The van der Waals surface area contributed by atoms with Crippen LogP contribution in [0.5, 0.6) is 0 Å². The average molecular weight is 357 g/mol. The van der Waals surface area contributed by atoms with Crippen molar-refractivity contribution < 1.29 is 9.31 Å². The van der Waals surface area contributed by atoms with E-state index in [2.05, 4.69) is 82.3 Å². The van der Waals surface area contributed by atoms with E-state index >= 15 is 0 Å². The second-order valence-corrected chi connectivity index (χ2v) is 8.66. The van der Waals surface area contributed by atoms with Gasteiger partial charge in [-0.05, 0) is 65.6 Å². The molecule has 136 valence electrons. The molecular formula is C23H24BNO2. The van der Waals surface area contributed by atoms with E-state index in [9.17, 15) is 0 Å². The molecule has 1 aliphatic rings. The van der Waals surface area contributed by atoms with E-state index < -0.39 is 7.12 Å². The molecule has 0 spiro atoms. The fraction of sp³-hybridized carbons (Fsp3) is 0.304. The number of benzene rings is 4. The lowest BCUT2D eigenvalue weighted by molar-refractivity contribution is 0.00578. The maximum Gasteiger partial charge on any atom is 0.480 e. The van der Waals surface area contributed by atoms with Crippen LogP contribution in [-0.2, 0) is 9.31 Å². The zero-order valence-electron chi connectivity index (χ0n) is 16.2. The third-order valence-corrected chi connectivity index (χ3v) is 6.49. The molecule has 1 atom stereocenters. The van der Waals surface area contributed by atoms with Crippen molar-refractivity contribution in [3.8, 4) is 0 Å². The summed E-state index contributed by atoms with van der Waals surface area (Å²) in [6.07, 6.45) is 0. The van der Waals surface area contributed by atoms with Gasteiger partial charge in [-0.2, -0.15) is 0 Å². The topological polar surface area (TPSA) is 44.5 Å². The van der Waals surface area contributed by atoms with Gasteiger partial charge in [0.25, 0.3) is 0 Å². The molecule has 1 fully saturated rings. The van der Waals surface area contributed by atoms with Crippen molar-refractivity contribution in [2.24, 2.45) is 5.73 Å². The van der Waals surface area contributed by atoms with E-state index in [1.54, 1.807) is 0 Å². The van der Waals surface area contributed by atoms with Gasteiger partial charge in [0.15, 0.2) is 0 Å². The molecule has 1 aliphatic heterocycles. The van der Waals surface area contributed by atoms with E-state index in [4.69, 9.17) is 15.0 Å². The van der Waals surface area contributed by atoms with Gasteiger partial charge in [0.1, 0.15) is 0 Å². The lowest BCUT2D eigenvalue weighted by Gasteiger charge is -2.32. The Labute approximate surface area is 159 Å². The second-order valence-electron chi connectivity index (χ2n) is 8.66. The molecule has 0 aromatic heterocycles. The largest absolute Gasteiger partial charge is 0.480 e. The molecule has 0 radical (unpaired) electrons. The summed E-state index contributed by atoms with van der Waals surface area (Å²) in [5.74, 6) is -0.351. The lowest BCUT2D eigenvalue weighted by Crippen LogP contribution is -2.41. The molecule has 0 unspecified atom stereocenters. The SMILES string of the molecule is CC1(C)OB([C@@H](N)c2ccc3ccc4cccc5ccc2c3c45)OC1(C)C. The van der Waals surface area contributed by atoms with E-state index in [1.807, 2.05) is 0 Å². The first kappa shape index (κ1) is 17.0. The summed E-state index contributed by atoms with van der Waals surface area (Å²) in [6.45, 7) is 8.24. The molecule has 1 heterocycles. The van der Waals surface area contributed by atoms with Gasteiger partial charge in [0.05, 0.1) is 17.1 Å². The minimum atomic E-state index is -0.464. The van der Waals surface area contributed by atoms with Crippen molar-refractivity contribution in [2.45, 2.75) is 44.8 Å². The Bertz CT molecular complexity index is 1140. The Kier molecular flexibility index (Phi) is 3.43. The quantitative estimate of drug-likeness (QED) is 0.395. The predicted molar refractivity (Wildman–Crippen MR) is 113 cm³/mol. The minimum absolute atomic E-state index is 0.351. The molecule has 4 aromatic rings. The van der Waals surface area contributed by atoms with E-state index in [0.717, 1.165) is 5.56 Å². The maximum atomic E-state index is 6.69. The number of rotatable bonds is 2. The Morgan fingerprint density at radius 2 is 1.26 bits per heavy atom. The molecular weight excluding hydrogens is 333 g/mol. The highest BCUT2D eigenvalue weighted by molar-refractivity contribution is 6.48. The van der Waals surface area contributed by atoms with Gasteiger partial charge in [-0.15, -0.1) is 0 Å². The molecule has 1 saturated heterocycles. The fourth-order valence-corrected chi connectivity index (χ4v) is 4.23. The van der Waals surface area contributed by atoms with E-state index in [1.165, 1.54) is 32.3 Å². The number of nitrogens with two attached hydrogens (primary N) is 1. The first-order valence-corrected chi connectivity index (χ1v) is 9.56. The lowest BCUT2D eigenvalue weighted by atomic mass is 9.73. The monoisotopic (exact) mass is 357 g/mol. The molecule has 27 heavy (non-hydrogen) atoms. The summed E-state index contributed by atoms with van der Waals surface area (Å²) in [5, 5.41) is 7.50. The predicted octanol–water partition coefficient (Wildman–Crippen LogP) is 5.22. The third-order valence-electron chi connectivity index (χ3n) is 6.49. The van der Waals surface area contributed by atoms with Gasteiger partial charge in [-0.3, -0.25) is 0 Å². The highest BCUT2D eigenvalue weighted by Gasteiger charge is 2.53. The van der Waals surface area contributed by atoms with Gasteiger partial charge in [-0.25, -0.2) is 0 Å². The van der Waals surface area contributed by atoms with Crippen molar-refractivity contribution in [3.63, 3.8) is 0 Å². The van der Waals surface area contributed by atoms with Crippen LogP contribution < -0.4 is 5.73 Å². The van der Waals surface area contributed by atoms with Crippen LogP contribution in [0.2, 0.25) is 0 Å². The first-order valence-electron chi connectivity index (χ1n) is 9.56. The summed E-state index contributed by atoms with van der Waals surface area (Å²) in [7, 11) is -0.464.